The number of ether oxygens (including phenoxy) is 1. The maximum atomic E-state index is 14.0. The summed E-state index contributed by atoms with van der Waals surface area (Å²) in [4.78, 5) is 24.3. The van der Waals surface area contributed by atoms with Gasteiger partial charge in [-0.1, -0.05) is 6.07 Å². The van der Waals surface area contributed by atoms with Gasteiger partial charge < -0.3 is 9.30 Å². The van der Waals surface area contributed by atoms with Gasteiger partial charge in [-0.05, 0) is 62.7 Å². The Morgan fingerprint density at radius 2 is 1.91 bits per heavy atom. The number of hydrazone groups is 1. The van der Waals surface area contributed by atoms with Crippen molar-refractivity contribution in [3.8, 4) is 11.8 Å². The monoisotopic (exact) mass is 432 g/mol. The van der Waals surface area contributed by atoms with E-state index in [1.807, 2.05) is 43.5 Å². The summed E-state index contributed by atoms with van der Waals surface area (Å²) in [5.41, 5.74) is 6.78. The van der Waals surface area contributed by atoms with Crippen LogP contribution in [0.2, 0.25) is 0 Å². The van der Waals surface area contributed by atoms with E-state index in [0.29, 0.717) is 5.56 Å². The lowest BCUT2D eigenvalue weighted by molar-refractivity contribution is 0.0599. The predicted molar refractivity (Wildman–Crippen MR) is 117 cm³/mol. The lowest BCUT2D eigenvalue weighted by Gasteiger charge is -2.15. The molecule has 162 valence electrons. The zero-order valence-electron chi connectivity index (χ0n) is 18.1. The zero-order valence-corrected chi connectivity index (χ0v) is 18.1. The molecule has 3 aromatic rings. The summed E-state index contributed by atoms with van der Waals surface area (Å²) >= 11 is 0. The molecule has 3 rings (SSSR count). The van der Waals surface area contributed by atoms with Crippen molar-refractivity contribution in [2.75, 3.05) is 7.11 Å². The number of aryl methyl sites for hydroxylation is 1. The molecule has 0 radical (unpaired) electrons. The van der Waals surface area contributed by atoms with Crippen molar-refractivity contribution in [1.29, 1.82) is 5.26 Å². The number of nitriles is 1. The van der Waals surface area contributed by atoms with Crippen molar-refractivity contribution in [1.82, 2.24) is 9.99 Å². The Kier molecular flexibility index (Phi) is 6.50. The first-order valence-electron chi connectivity index (χ1n) is 9.68. The molecule has 1 N–H and O–H groups in total. The summed E-state index contributed by atoms with van der Waals surface area (Å²) < 4.78 is 20.8. The lowest BCUT2D eigenvalue weighted by atomic mass is 10.1. The molecule has 1 heterocycles. The van der Waals surface area contributed by atoms with Gasteiger partial charge in [0.05, 0.1) is 36.1 Å². The van der Waals surface area contributed by atoms with E-state index < -0.39 is 17.7 Å². The van der Waals surface area contributed by atoms with E-state index in [4.69, 9.17) is 10.00 Å². The van der Waals surface area contributed by atoms with Crippen molar-refractivity contribution in [2.24, 2.45) is 5.10 Å². The van der Waals surface area contributed by atoms with Crippen molar-refractivity contribution in [3.05, 3.63) is 87.5 Å². The molecule has 32 heavy (non-hydrogen) atoms. The molecule has 1 aromatic heterocycles. The van der Waals surface area contributed by atoms with Gasteiger partial charge in [-0.25, -0.2) is 14.6 Å². The van der Waals surface area contributed by atoms with Gasteiger partial charge in [0.2, 0.25) is 0 Å². The van der Waals surface area contributed by atoms with Gasteiger partial charge in [-0.15, -0.1) is 0 Å². The first-order chi connectivity index (χ1) is 15.3. The Labute approximate surface area is 184 Å². The number of methoxy groups -OCH3 is 1. The zero-order chi connectivity index (χ0) is 23.4. The van der Waals surface area contributed by atoms with Crippen LogP contribution in [0.1, 0.15) is 48.8 Å². The number of halogens is 1. The Balaban J connectivity index is 1.86. The van der Waals surface area contributed by atoms with Gasteiger partial charge in [-0.2, -0.15) is 10.4 Å². The maximum Gasteiger partial charge on any atom is 0.338 e. The fraction of sp³-hybridized carbons (Fsp3) is 0.167. The fourth-order valence-electron chi connectivity index (χ4n) is 3.48. The van der Waals surface area contributed by atoms with Crippen molar-refractivity contribution in [2.45, 2.75) is 20.8 Å². The predicted octanol–water partition coefficient (Wildman–Crippen LogP) is 3.96. The van der Waals surface area contributed by atoms with Crippen molar-refractivity contribution < 1.29 is 18.7 Å². The number of rotatable bonds is 5. The van der Waals surface area contributed by atoms with E-state index in [1.54, 1.807) is 12.1 Å². The number of carbonyl (C=O) groups excluding carboxylic acids is 2. The minimum atomic E-state index is -0.795. The van der Waals surface area contributed by atoms with Crippen LogP contribution >= 0.6 is 0 Å². The molecular formula is C24H21FN4O3. The van der Waals surface area contributed by atoms with Gasteiger partial charge in [0, 0.05) is 22.6 Å². The number of hydrogen-bond donors (Lipinski definition) is 1. The number of aromatic nitrogens is 1. The van der Waals surface area contributed by atoms with Gasteiger partial charge in [0.25, 0.3) is 5.91 Å². The van der Waals surface area contributed by atoms with Crippen LogP contribution in [-0.2, 0) is 4.74 Å². The van der Waals surface area contributed by atoms with E-state index >= 15 is 0 Å². The van der Waals surface area contributed by atoms with E-state index in [1.165, 1.54) is 25.5 Å². The largest absolute Gasteiger partial charge is 0.465 e. The molecule has 2 aromatic carbocycles. The van der Waals surface area contributed by atoms with Gasteiger partial charge in [0.15, 0.2) is 0 Å². The highest BCUT2D eigenvalue weighted by molar-refractivity contribution is 5.95. The smallest absolute Gasteiger partial charge is 0.338 e. The van der Waals surface area contributed by atoms with E-state index in [2.05, 4.69) is 10.5 Å². The number of hydrogen-bond acceptors (Lipinski definition) is 5. The maximum absolute atomic E-state index is 14.0. The summed E-state index contributed by atoms with van der Waals surface area (Å²) in [7, 11) is 1.34. The molecule has 0 aliphatic heterocycles. The molecule has 0 saturated carbocycles. The number of nitrogens with one attached hydrogen (secondary N) is 1. The minimum absolute atomic E-state index is 0.126. The van der Waals surface area contributed by atoms with E-state index in [-0.39, 0.29) is 11.1 Å². The highest BCUT2D eigenvalue weighted by Crippen LogP contribution is 2.25. The summed E-state index contributed by atoms with van der Waals surface area (Å²) in [6.07, 6.45) is 1.47. The van der Waals surface area contributed by atoms with Crippen LogP contribution in [0.3, 0.4) is 0 Å². The molecule has 0 aliphatic rings. The van der Waals surface area contributed by atoms with Crippen LogP contribution in [0.25, 0.3) is 5.69 Å². The molecule has 7 nitrogen and oxygen atoms in total. The molecule has 8 heteroatoms. The van der Waals surface area contributed by atoms with Crippen LogP contribution in [-0.4, -0.2) is 29.8 Å². The first kappa shape index (κ1) is 22.4. The highest BCUT2D eigenvalue weighted by atomic mass is 19.1. The van der Waals surface area contributed by atoms with Gasteiger partial charge >= 0.3 is 5.97 Å². The average molecular weight is 432 g/mol. The second kappa shape index (κ2) is 9.27. The Morgan fingerprint density at radius 1 is 1.16 bits per heavy atom. The number of carbonyl (C=O) groups is 2. The summed E-state index contributed by atoms with van der Waals surface area (Å²) in [5.74, 6) is -1.93. The molecule has 1 amide bonds. The van der Waals surface area contributed by atoms with Crippen LogP contribution in [0.4, 0.5) is 4.39 Å². The summed E-state index contributed by atoms with van der Waals surface area (Å²) in [6, 6.07) is 12.7. The third-order valence-electron chi connectivity index (χ3n) is 5.13. The molecule has 0 atom stereocenters. The van der Waals surface area contributed by atoms with Crippen LogP contribution in [0, 0.1) is 37.9 Å². The van der Waals surface area contributed by atoms with Crippen LogP contribution in [0.5, 0.6) is 0 Å². The third-order valence-corrected chi connectivity index (χ3v) is 5.13. The number of amides is 1. The number of nitrogens with zero attached hydrogens (tertiary/aromatic N) is 3. The molecule has 0 aliphatic carbocycles. The molecule has 0 saturated heterocycles. The quantitative estimate of drug-likeness (QED) is 0.375. The van der Waals surface area contributed by atoms with Crippen molar-refractivity contribution >= 4 is 18.1 Å². The second-order valence-corrected chi connectivity index (χ2v) is 7.11. The first-order valence-corrected chi connectivity index (χ1v) is 9.68. The van der Waals surface area contributed by atoms with E-state index in [9.17, 15) is 14.0 Å². The van der Waals surface area contributed by atoms with Crippen LogP contribution in [0.15, 0.2) is 47.6 Å². The summed E-state index contributed by atoms with van der Waals surface area (Å²) in [5, 5.41) is 12.7. The standard InChI is InChI=1S/C24H21FN4O3/c1-14-10-18(13-27-28-23(30)20-9-8-17(12-26)11-21(20)25)16(3)29(14)22-7-5-6-19(15(22)2)24(31)32-4/h5-11,13H,1-4H3,(H,28,30)/b27-13+. The van der Waals surface area contributed by atoms with Gasteiger partial charge in [-0.3, -0.25) is 4.79 Å². The average Bonchev–Trinajstić information content (AvgIpc) is 3.06. The Hall–Kier alpha value is -4.25. The fourth-order valence-corrected chi connectivity index (χ4v) is 3.48. The minimum Gasteiger partial charge on any atom is -0.465 e. The Morgan fingerprint density at radius 3 is 2.56 bits per heavy atom. The number of benzene rings is 2. The summed E-state index contributed by atoms with van der Waals surface area (Å²) in [6.45, 7) is 5.65. The highest BCUT2D eigenvalue weighted by Gasteiger charge is 2.17. The van der Waals surface area contributed by atoms with Gasteiger partial charge in [0.1, 0.15) is 5.82 Å². The molecule has 0 bridgehead atoms. The third kappa shape index (κ3) is 4.27. The topological polar surface area (TPSA) is 96.5 Å². The Bertz CT molecular complexity index is 1290. The molecular weight excluding hydrogens is 411 g/mol. The van der Waals surface area contributed by atoms with Crippen molar-refractivity contribution in [3.63, 3.8) is 0 Å². The van der Waals surface area contributed by atoms with E-state index in [0.717, 1.165) is 34.3 Å². The second-order valence-electron chi connectivity index (χ2n) is 7.11. The SMILES string of the molecule is COC(=O)c1cccc(-n2c(C)cc(/C=N/NC(=O)c3ccc(C#N)cc3F)c2C)c1C. The number of esters is 1. The molecule has 0 unspecified atom stereocenters. The molecule has 0 fully saturated rings. The lowest BCUT2D eigenvalue weighted by Crippen LogP contribution is -2.19. The van der Waals surface area contributed by atoms with Crippen LogP contribution < -0.4 is 5.43 Å². The normalized spacial score (nSPS) is 10.8. The molecule has 0 spiro atoms.